The van der Waals surface area contributed by atoms with Crippen molar-refractivity contribution in [2.45, 2.75) is 13.8 Å². The minimum Gasteiger partial charge on any atom is -0.322 e. The molecule has 4 nitrogen and oxygen atoms in total. The van der Waals surface area contributed by atoms with Crippen LogP contribution in [-0.4, -0.2) is 11.8 Å². The number of hydrogen-bond acceptors (Lipinski definition) is 2. The maximum Gasteiger partial charge on any atom is 0.261 e. The molecule has 0 radical (unpaired) electrons. The summed E-state index contributed by atoms with van der Waals surface area (Å²) in [5.41, 5.74) is -1.35. The molecule has 0 aliphatic heterocycles. The summed E-state index contributed by atoms with van der Waals surface area (Å²) < 4.78 is 58.1. The number of anilines is 2. The van der Waals surface area contributed by atoms with E-state index in [1.54, 1.807) is 50.2 Å². The van der Waals surface area contributed by atoms with E-state index in [1.165, 1.54) is 12.1 Å². The third kappa shape index (κ3) is 3.89. The van der Waals surface area contributed by atoms with Crippen molar-refractivity contribution in [2.24, 2.45) is 0 Å². The average Bonchev–Trinajstić information content (AvgIpc) is 2.70. The van der Waals surface area contributed by atoms with Crippen LogP contribution in [0.2, 0.25) is 0 Å². The Balaban J connectivity index is 1.99. The standard InChI is InChI=1S/C22H16F4N2O2/c1-11-7-3-5-9-13(11)27-21(29)15-17(23)19(25)16(20(26)18(15)24)22(30)28-14-10-6-4-8-12(14)2/h3-10H,1-2H3,(H,27,29)(H,28,30). The van der Waals surface area contributed by atoms with E-state index in [1.807, 2.05) is 0 Å². The van der Waals surface area contributed by atoms with Crippen LogP contribution < -0.4 is 10.6 Å². The van der Waals surface area contributed by atoms with Crippen molar-refractivity contribution in [1.82, 2.24) is 0 Å². The van der Waals surface area contributed by atoms with Gasteiger partial charge in [0.1, 0.15) is 11.1 Å². The Morgan fingerprint density at radius 2 is 0.900 bits per heavy atom. The molecule has 0 bridgehead atoms. The van der Waals surface area contributed by atoms with E-state index >= 15 is 0 Å². The van der Waals surface area contributed by atoms with E-state index in [-0.39, 0.29) is 11.4 Å². The second-order valence-electron chi connectivity index (χ2n) is 6.54. The lowest BCUT2D eigenvalue weighted by Crippen LogP contribution is -2.23. The molecule has 0 fully saturated rings. The normalized spacial score (nSPS) is 10.6. The van der Waals surface area contributed by atoms with Gasteiger partial charge in [0.05, 0.1) is 0 Å². The number of nitrogens with one attached hydrogen (secondary N) is 2. The highest BCUT2D eigenvalue weighted by Crippen LogP contribution is 2.27. The molecule has 0 saturated carbocycles. The van der Waals surface area contributed by atoms with Crippen molar-refractivity contribution in [3.63, 3.8) is 0 Å². The quantitative estimate of drug-likeness (QED) is 0.444. The molecular formula is C22H16F4N2O2. The third-order valence-corrected chi connectivity index (χ3v) is 4.50. The van der Waals surface area contributed by atoms with Crippen molar-refractivity contribution >= 4 is 23.2 Å². The summed E-state index contributed by atoms with van der Waals surface area (Å²) in [6, 6.07) is 12.6. The first-order valence-corrected chi connectivity index (χ1v) is 8.82. The second kappa shape index (κ2) is 8.36. The number of halogens is 4. The average molecular weight is 416 g/mol. The first-order valence-electron chi connectivity index (χ1n) is 8.82. The Morgan fingerprint density at radius 3 is 1.20 bits per heavy atom. The van der Waals surface area contributed by atoms with Gasteiger partial charge in [0.2, 0.25) is 0 Å². The Bertz CT molecular complexity index is 1040. The minimum absolute atomic E-state index is 0.212. The largest absolute Gasteiger partial charge is 0.322 e. The summed E-state index contributed by atoms with van der Waals surface area (Å²) in [5, 5.41) is 4.41. The lowest BCUT2D eigenvalue weighted by Gasteiger charge is -2.14. The van der Waals surface area contributed by atoms with E-state index in [2.05, 4.69) is 10.6 Å². The molecular weight excluding hydrogens is 400 g/mol. The number of amides is 2. The van der Waals surface area contributed by atoms with Crippen LogP contribution in [-0.2, 0) is 0 Å². The van der Waals surface area contributed by atoms with Crippen molar-refractivity contribution in [3.8, 4) is 0 Å². The van der Waals surface area contributed by atoms with Crippen molar-refractivity contribution < 1.29 is 27.2 Å². The predicted octanol–water partition coefficient (Wildman–Crippen LogP) is 5.36. The molecule has 0 aliphatic carbocycles. The zero-order chi connectivity index (χ0) is 22.0. The van der Waals surface area contributed by atoms with E-state index in [0.29, 0.717) is 11.1 Å². The highest BCUT2D eigenvalue weighted by molar-refractivity contribution is 6.08. The van der Waals surface area contributed by atoms with E-state index < -0.39 is 46.2 Å². The van der Waals surface area contributed by atoms with Crippen LogP contribution in [0.1, 0.15) is 31.8 Å². The molecule has 3 rings (SSSR count). The smallest absolute Gasteiger partial charge is 0.261 e. The maximum absolute atomic E-state index is 14.5. The van der Waals surface area contributed by atoms with Gasteiger partial charge in [-0.3, -0.25) is 9.59 Å². The molecule has 0 heterocycles. The molecule has 0 atom stereocenters. The molecule has 30 heavy (non-hydrogen) atoms. The lowest BCUT2D eigenvalue weighted by atomic mass is 10.1. The monoisotopic (exact) mass is 416 g/mol. The maximum atomic E-state index is 14.5. The van der Waals surface area contributed by atoms with Crippen molar-refractivity contribution in [3.05, 3.63) is 94.1 Å². The van der Waals surface area contributed by atoms with Crippen LogP contribution in [0.5, 0.6) is 0 Å². The molecule has 154 valence electrons. The molecule has 2 N–H and O–H groups in total. The van der Waals surface area contributed by atoms with E-state index in [0.717, 1.165) is 0 Å². The van der Waals surface area contributed by atoms with Crippen molar-refractivity contribution in [1.29, 1.82) is 0 Å². The highest BCUT2D eigenvalue weighted by Gasteiger charge is 2.32. The molecule has 0 unspecified atom stereocenters. The number of para-hydroxylation sites is 2. The van der Waals surface area contributed by atoms with Gasteiger partial charge in [-0.05, 0) is 37.1 Å². The van der Waals surface area contributed by atoms with Crippen LogP contribution in [0, 0.1) is 37.1 Å². The van der Waals surface area contributed by atoms with Gasteiger partial charge in [-0.1, -0.05) is 36.4 Å². The molecule has 2 amide bonds. The van der Waals surface area contributed by atoms with Crippen LogP contribution in [0.25, 0.3) is 0 Å². The van der Waals surface area contributed by atoms with Crippen LogP contribution in [0.15, 0.2) is 48.5 Å². The van der Waals surface area contributed by atoms with Crippen LogP contribution in [0.3, 0.4) is 0 Å². The number of carbonyl (C=O) groups excluding carboxylic acids is 2. The van der Waals surface area contributed by atoms with Gasteiger partial charge in [0, 0.05) is 11.4 Å². The summed E-state index contributed by atoms with van der Waals surface area (Å²) in [5.74, 6) is -10.6. The fraction of sp³-hybridized carbons (Fsp3) is 0.0909. The Kier molecular flexibility index (Phi) is 5.86. The number of benzene rings is 3. The first kappa shape index (κ1) is 21.0. The zero-order valence-corrected chi connectivity index (χ0v) is 15.9. The van der Waals surface area contributed by atoms with E-state index in [9.17, 15) is 27.2 Å². The van der Waals surface area contributed by atoms with Crippen molar-refractivity contribution in [2.75, 3.05) is 10.6 Å². The number of hydrogen-bond donors (Lipinski definition) is 2. The molecule has 3 aromatic rings. The van der Waals surface area contributed by atoms with Gasteiger partial charge in [-0.15, -0.1) is 0 Å². The molecule has 0 spiro atoms. The Hall–Kier alpha value is -3.68. The van der Waals surface area contributed by atoms with Crippen LogP contribution >= 0.6 is 0 Å². The lowest BCUT2D eigenvalue weighted by molar-refractivity contribution is 0.0993. The van der Waals surface area contributed by atoms with Gasteiger partial charge < -0.3 is 10.6 Å². The van der Waals surface area contributed by atoms with Gasteiger partial charge in [0.25, 0.3) is 11.8 Å². The topological polar surface area (TPSA) is 58.2 Å². The van der Waals surface area contributed by atoms with E-state index in [4.69, 9.17) is 0 Å². The Labute approximate surface area is 169 Å². The Morgan fingerprint density at radius 1 is 0.600 bits per heavy atom. The summed E-state index contributed by atoms with van der Waals surface area (Å²) in [4.78, 5) is 24.6. The SMILES string of the molecule is Cc1ccccc1NC(=O)c1c(F)c(F)c(C(=O)Nc2ccccc2C)c(F)c1F. The first-order chi connectivity index (χ1) is 14.2. The zero-order valence-electron chi connectivity index (χ0n) is 15.9. The molecule has 0 aromatic heterocycles. The van der Waals surface area contributed by atoms with Gasteiger partial charge >= 0.3 is 0 Å². The summed E-state index contributed by atoms with van der Waals surface area (Å²) in [6.45, 7) is 3.25. The number of rotatable bonds is 4. The second-order valence-corrected chi connectivity index (χ2v) is 6.54. The number of aryl methyl sites for hydroxylation is 2. The third-order valence-electron chi connectivity index (χ3n) is 4.50. The minimum atomic E-state index is -1.96. The highest BCUT2D eigenvalue weighted by atomic mass is 19.2. The molecule has 0 saturated heterocycles. The van der Waals surface area contributed by atoms with Gasteiger partial charge in [-0.2, -0.15) is 0 Å². The van der Waals surface area contributed by atoms with Crippen LogP contribution in [0.4, 0.5) is 28.9 Å². The number of carbonyl (C=O) groups is 2. The molecule has 0 aliphatic rings. The van der Waals surface area contributed by atoms with Gasteiger partial charge in [0.15, 0.2) is 23.3 Å². The molecule has 8 heteroatoms. The summed E-state index contributed by atoms with van der Waals surface area (Å²) >= 11 is 0. The molecule has 3 aromatic carbocycles. The fourth-order valence-electron chi connectivity index (χ4n) is 2.83. The fourth-order valence-corrected chi connectivity index (χ4v) is 2.83. The summed E-state index contributed by atoms with van der Waals surface area (Å²) in [6.07, 6.45) is 0. The van der Waals surface area contributed by atoms with Gasteiger partial charge in [-0.25, -0.2) is 17.6 Å². The summed E-state index contributed by atoms with van der Waals surface area (Å²) in [7, 11) is 0. The predicted molar refractivity (Wildman–Crippen MR) is 105 cm³/mol.